The Labute approximate surface area is 293 Å². The first kappa shape index (κ1) is 33.8. The summed E-state index contributed by atoms with van der Waals surface area (Å²) in [6.45, 7) is 2.49. The van der Waals surface area contributed by atoms with E-state index in [-0.39, 0.29) is 30.6 Å². The first-order valence-electron chi connectivity index (χ1n) is 16.9. The molecule has 4 heterocycles. The van der Waals surface area contributed by atoms with Gasteiger partial charge in [0.15, 0.2) is 0 Å². The van der Waals surface area contributed by atoms with Gasteiger partial charge in [0.1, 0.15) is 24.1 Å². The highest BCUT2D eigenvalue weighted by Gasteiger charge is 2.44. The van der Waals surface area contributed by atoms with Crippen molar-refractivity contribution in [1.29, 1.82) is 0 Å². The van der Waals surface area contributed by atoms with E-state index in [0.717, 1.165) is 63.4 Å². The first-order valence-corrected chi connectivity index (χ1v) is 16.9. The molecule has 0 radical (unpaired) electrons. The van der Waals surface area contributed by atoms with Crippen LogP contribution in [-0.2, 0) is 32.0 Å². The average Bonchev–Trinajstić information content (AvgIpc) is 3.83. The molecule has 2 N–H and O–H groups in total. The Bertz CT molecular complexity index is 2010. The topological polar surface area (TPSA) is 175 Å². The lowest BCUT2D eigenvalue weighted by atomic mass is 9.98. The smallest absolute Gasteiger partial charge is 0.262 e. The zero-order valence-electron chi connectivity index (χ0n) is 27.7. The van der Waals surface area contributed by atoms with Crippen LogP contribution >= 0.6 is 0 Å². The second kappa shape index (κ2) is 15.0. The molecule has 2 aliphatic heterocycles. The molecule has 7 rings (SSSR count). The number of nitrogens with zero attached hydrogens (tertiary/aromatic N) is 5. The standard InChI is InChI=1S/C37H36N6O8/c44-33-9-8-32(35(45)39-33)43-36(46)28-6-4-26(21-29(28)37(43)47)51-19-18-50-17-16-49-15-1-14-42-22-30(34(40-42)23-10-12-38-13-11-23)25-2-5-27-24(20-25)3-7-31(27)41-48/h2,4-6,10-13,20-22,32,48H,1,3,7-9,14-19H2,(H,39,44,45)/b41-31+. The summed E-state index contributed by atoms with van der Waals surface area (Å²) >= 11 is 0. The first-order chi connectivity index (χ1) is 24.9. The highest BCUT2D eigenvalue weighted by molar-refractivity contribution is 6.23. The number of carbonyl (C=O) groups excluding carboxylic acids is 4. The van der Waals surface area contributed by atoms with Crippen molar-refractivity contribution in [3.05, 3.63) is 89.4 Å². The molecular formula is C37H36N6O8. The molecule has 1 atom stereocenters. The van der Waals surface area contributed by atoms with Gasteiger partial charge in [0, 0.05) is 54.9 Å². The van der Waals surface area contributed by atoms with Gasteiger partial charge >= 0.3 is 0 Å². The highest BCUT2D eigenvalue weighted by atomic mass is 16.5. The SMILES string of the molecule is O=C1CCC(N2C(=O)c3ccc(OCCOCCOCCCn4cc(-c5ccc6c(c5)CC/C6=N\O)c(-c5ccncc5)n4)cc3C2=O)C(=O)N1. The van der Waals surface area contributed by atoms with Crippen LogP contribution in [0.3, 0.4) is 0 Å². The van der Waals surface area contributed by atoms with Crippen LogP contribution in [0.15, 0.2) is 72.3 Å². The monoisotopic (exact) mass is 692 g/mol. The number of pyridine rings is 1. The maximum Gasteiger partial charge on any atom is 0.262 e. The minimum absolute atomic E-state index is 0.0613. The maximum atomic E-state index is 13.0. The van der Waals surface area contributed by atoms with Gasteiger partial charge in [-0.1, -0.05) is 23.4 Å². The van der Waals surface area contributed by atoms with E-state index in [9.17, 15) is 24.4 Å². The summed E-state index contributed by atoms with van der Waals surface area (Å²) in [6, 6.07) is 13.7. The van der Waals surface area contributed by atoms with E-state index in [2.05, 4.69) is 27.7 Å². The molecule has 262 valence electrons. The number of aromatic nitrogens is 3. The van der Waals surface area contributed by atoms with E-state index in [4.69, 9.17) is 19.3 Å². The number of aryl methyl sites for hydroxylation is 2. The van der Waals surface area contributed by atoms with Crippen molar-refractivity contribution in [2.45, 2.75) is 44.7 Å². The Morgan fingerprint density at radius 3 is 2.37 bits per heavy atom. The number of hydrogen-bond acceptors (Lipinski definition) is 11. The van der Waals surface area contributed by atoms with Crippen molar-refractivity contribution in [2.24, 2.45) is 5.16 Å². The number of hydrogen-bond donors (Lipinski definition) is 2. The molecule has 2 aromatic heterocycles. The molecule has 1 saturated heterocycles. The number of benzene rings is 2. The summed E-state index contributed by atoms with van der Waals surface area (Å²) in [5, 5.41) is 19.9. The number of carbonyl (C=O) groups is 4. The molecule has 14 nitrogen and oxygen atoms in total. The van der Waals surface area contributed by atoms with Crippen molar-refractivity contribution < 1.29 is 38.6 Å². The highest BCUT2D eigenvalue weighted by Crippen LogP contribution is 2.34. The molecule has 0 spiro atoms. The van der Waals surface area contributed by atoms with Crippen molar-refractivity contribution in [3.63, 3.8) is 0 Å². The van der Waals surface area contributed by atoms with E-state index >= 15 is 0 Å². The number of amides is 4. The normalized spacial score (nSPS) is 17.6. The molecule has 4 aromatic rings. The summed E-state index contributed by atoms with van der Waals surface area (Å²) in [5.41, 5.74) is 7.15. The van der Waals surface area contributed by atoms with Gasteiger partial charge in [-0.05, 0) is 67.1 Å². The van der Waals surface area contributed by atoms with Gasteiger partial charge < -0.3 is 19.4 Å². The Morgan fingerprint density at radius 2 is 1.57 bits per heavy atom. The van der Waals surface area contributed by atoms with Crippen molar-refractivity contribution >= 4 is 29.3 Å². The maximum absolute atomic E-state index is 13.0. The third kappa shape index (κ3) is 7.14. The number of ether oxygens (including phenoxy) is 3. The second-order valence-corrected chi connectivity index (χ2v) is 12.4. The molecule has 4 amide bonds. The molecule has 1 fully saturated rings. The summed E-state index contributed by atoms with van der Waals surface area (Å²) in [5.74, 6) is -1.82. The molecule has 3 aliphatic rings. The minimum Gasteiger partial charge on any atom is -0.491 e. The Hall–Kier alpha value is -5.73. The fraction of sp³-hybridized carbons (Fsp3) is 0.324. The number of nitrogens with one attached hydrogen (secondary N) is 1. The molecule has 0 bridgehead atoms. The predicted octanol–water partition coefficient (Wildman–Crippen LogP) is 3.64. The van der Waals surface area contributed by atoms with E-state index in [1.807, 2.05) is 28.9 Å². The lowest BCUT2D eigenvalue weighted by Crippen LogP contribution is -2.54. The molecule has 1 unspecified atom stereocenters. The fourth-order valence-corrected chi connectivity index (χ4v) is 6.62. The second-order valence-electron chi connectivity index (χ2n) is 12.4. The fourth-order valence-electron chi connectivity index (χ4n) is 6.62. The number of fused-ring (bicyclic) bond motifs is 2. The minimum atomic E-state index is -1.02. The van der Waals surface area contributed by atoms with E-state index in [1.54, 1.807) is 18.5 Å². The van der Waals surface area contributed by atoms with Gasteiger partial charge in [0.2, 0.25) is 11.8 Å². The molecule has 1 aliphatic carbocycles. The number of oxime groups is 1. The van der Waals surface area contributed by atoms with Crippen molar-refractivity contribution in [2.75, 3.05) is 33.0 Å². The molecule has 51 heavy (non-hydrogen) atoms. The van der Waals surface area contributed by atoms with Crippen LogP contribution < -0.4 is 10.1 Å². The van der Waals surface area contributed by atoms with Gasteiger partial charge in [0.25, 0.3) is 11.8 Å². The van der Waals surface area contributed by atoms with E-state index in [0.29, 0.717) is 38.7 Å². The van der Waals surface area contributed by atoms with Gasteiger partial charge in [0.05, 0.1) is 36.7 Å². The van der Waals surface area contributed by atoms with Crippen LogP contribution in [0.2, 0.25) is 0 Å². The van der Waals surface area contributed by atoms with Crippen LogP contribution in [0.4, 0.5) is 0 Å². The zero-order chi connectivity index (χ0) is 35.3. The van der Waals surface area contributed by atoms with E-state index < -0.39 is 29.7 Å². The lowest BCUT2D eigenvalue weighted by Gasteiger charge is -2.27. The Morgan fingerprint density at radius 1 is 0.804 bits per heavy atom. The average molecular weight is 693 g/mol. The van der Waals surface area contributed by atoms with Crippen LogP contribution in [0.25, 0.3) is 22.4 Å². The van der Waals surface area contributed by atoms with E-state index in [1.165, 1.54) is 12.1 Å². The summed E-state index contributed by atoms with van der Waals surface area (Å²) in [4.78, 5) is 54.7. The molecule has 14 heteroatoms. The Kier molecular flexibility index (Phi) is 9.94. The van der Waals surface area contributed by atoms with Crippen molar-refractivity contribution in [1.82, 2.24) is 25.0 Å². The number of imide groups is 2. The Balaban J connectivity index is 0.840. The lowest BCUT2D eigenvalue weighted by molar-refractivity contribution is -0.136. The van der Waals surface area contributed by atoms with Gasteiger partial charge in [-0.15, -0.1) is 0 Å². The van der Waals surface area contributed by atoms with Crippen LogP contribution in [0, 0.1) is 0 Å². The summed E-state index contributed by atoms with van der Waals surface area (Å²) in [6.07, 6.45) is 8.04. The van der Waals surface area contributed by atoms with Gasteiger partial charge in [-0.3, -0.25) is 39.1 Å². The third-order valence-corrected chi connectivity index (χ3v) is 9.15. The summed E-state index contributed by atoms with van der Waals surface area (Å²) < 4.78 is 19.1. The van der Waals surface area contributed by atoms with Crippen molar-refractivity contribution in [3.8, 4) is 28.1 Å². The van der Waals surface area contributed by atoms with Crippen LogP contribution in [-0.4, -0.2) is 93.3 Å². The van der Waals surface area contributed by atoms with Crippen LogP contribution in [0.1, 0.15) is 57.5 Å². The molecule has 0 saturated carbocycles. The van der Waals surface area contributed by atoms with Crippen LogP contribution in [0.5, 0.6) is 5.75 Å². The third-order valence-electron chi connectivity index (χ3n) is 9.15. The molecular weight excluding hydrogens is 656 g/mol. The molecule has 2 aromatic carbocycles. The number of piperidine rings is 1. The van der Waals surface area contributed by atoms with Gasteiger partial charge in [-0.25, -0.2) is 0 Å². The zero-order valence-corrected chi connectivity index (χ0v) is 27.7. The summed E-state index contributed by atoms with van der Waals surface area (Å²) in [7, 11) is 0. The number of rotatable bonds is 14. The quantitative estimate of drug-likeness (QED) is 0.0860. The predicted molar refractivity (Wildman–Crippen MR) is 182 cm³/mol. The largest absolute Gasteiger partial charge is 0.491 e. The van der Waals surface area contributed by atoms with Gasteiger partial charge in [-0.2, -0.15) is 5.10 Å².